The minimum absolute atomic E-state index is 0.453. The lowest BCUT2D eigenvalue weighted by Gasteiger charge is -2.15. The van der Waals surface area contributed by atoms with E-state index in [1.54, 1.807) is 0 Å². The van der Waals surface area contributed by atoms with Crippen LogP contribution < -0.4 is 10.6 Å². The number of aromatic nitrogens is 2. The summed E-state index contributed by atoms with van der Waals surface area (Å²) in [6, 6.07) is 2.43. The number of hydrogen-bond acceptors (Lipinski definition) is 6. The van der Waals surface area contributed by atoms with E-state index in [0.29, 0.717) is 19.3 Å². The predicted octanol–water partition coefficient (Wildman–Crippen LogP) is 1.56. The average molecular weight is 279 g/mol. The second-order valence-electron chi connectivity index (χ2n) is 5.11. The van der Waals surface area contributed by atoms with Crippen molar-refractivity contribution in [1.29, 1.82) is 0 Å². The summed E-state index contributed by atoms with van der Waals surface area (Å²) in [7, 11) is 2.15. The van der Waals surface area contributed by atoms with Gasteiger partial charge in [0.1, 0.15) is 18.2 Å². The van der Waals surface area contributed by atoms with Crippen LogP contribution in [-0.2, 0) is 11.3 Å². The molecule has 1 atom stereocenters. The second-order valence-corrected chi connectivity index (χ2v) is 5.11. The van der Waals surface area contributed by atoms with Crippen LogP contribution in [-0.4, -0.2) is 54.2 Å². The first kappa shape index (κ1) is 15.0. The molecule has 1 fully saturated rings. The van der Waals surface area contributed by atoms with E-state index in [9.17, 15) is 0 Å². The molecule has 1 saturated heterocycles. The Balaban J connectivity index is 2.07. The van der Waals surface area contributed by atoms with Gasteiger partial charge in [-0.3, -0.25) is 0 Å². The zero-order valence-corrected chi connectivity index (χ0v) is 12.6. The molecule has 1 aromatic rings. The lowest BCUT2D eigenvalue weighted by atomic mass is 10.2. The van der Waals surface area contributed by atoms with Crippen LogP contribution >= 0.6 is 0 Å². The van der Waals surface area contributed by atoms with Gasteiger partial charge in [0.05, 0.1) is 0 Å². The average Bonchev–Trinajstić information content (AvgIpc) is 2.82. The van der Waals surface area contributed by atoms with Crippen molar-refractivity contribution >= 4 is 11.6 Å². The first-order valence-corrected chi connectivity index (χ1v) is 7.36. The minimum Gasteiger partial charge on any atom is -0.374 e. The molecule has 0 spiro atoms. The van der Waals surface area contributed by atoms with E-state index in [2.05, 4.69) is 39.5 Å². The molecule has 0 amide bonds. The maximum absolute atomic E-state index is 5.41. The topological polar surface area (TPSA) is 62.3 Å². The molecule has 2 heterocycles. The van der Waals surface area contributed by atoms with Crippen LogP contribution in [0.4, 0.5) is 11.6 Å². The second kappa shape index (κ2) is 7.40. The standard InChI is InChI=1S/C14H25N5O/c1-4-15-12-8-13(16-11-6-7-19(3)9-11)18-14(17-12)10-20-5-2/h8,11H,4-7,9-10H2,1-3H3,(H2,15,16,17,18). The number of ether oxygens (including phenoxy) is 1. The van der Waals surface area contributed by atoms with Gasteiger partial charge in [-0.2, -0.15) is 0 Å². The molecular weight excluding hydrogens is 254 g/mol. The molecule has 1 aromatic heterocycles. The van der Waals surface area contributed by atoms with Crippen molar-refractivity contribution in [3.8, 4) is 0 Å². The highest BCUT2D eigenvalue weighted by molar-refractivity contribution is 5.48. The highest BCUT2D eigenvalue weighted by Gasteiger charge is 2.19. The summed E-state index contributed by atoms with van der Waals surface area (Å²) in [6.07, 6.45) is 1.15. The van der Waals surface area contributed by atoms with Crippen LogP contribution in [0.15, 0.2) is 6.07 Å². The maximum atomic E-state index is 5.41. The number of likely N-dealkylation sites (N-methyl/N-ethyl adjacent to an activating group) is 1. The summed E-state index contributed by atoms with van der Waals surface area (Å²) in [6.45, 7) is 8.19. The van der Waals surface area contributed by atoms with Crippen LogP contribution in [0.5, 0.6) is 0 Å². The van der Waals surface area contributed by atoms with Gasteiger partial charge in [-0.15, -0.1) is 0 Å². The van der Waals surface area contributed by atoms with Gasteiger partial charge in [0.2, 0.25) is 0 Å². The zero-order chi connectivity index (χ0) is 14.4. The van der Waals surface area contributed by atoms with Crippen LogP contribution in [0.2, 0.25) is 0 Å². The van der Waals surface area contributed by atoms with E-state index < -0.39 is 0 Å². The Morgan fingerprint density at radius 3 is 2.80 bits per heavy atom. The van der Waals surface area contributed by atoms with Crippen molar-refractivity contribution in [2.24, 2.45) is 0 Å². The monoisotopic (exact) mass is 279 g/mol. The molecular formula is C14H25N5O. The summed E-state index contributed by atoms with van der Waals surface area (Å²) in [5.41, 5.74) is 0. The smallest absolute Gasteiger partial charge is 0.158 e. The third kappa shape index (κ3) is 4.31. The number of nitrogens with one attached hydrogen (secondary N) is 2. The van der Waals surface area contributed by atoms with Gasteiger partial charge in [-0.25, -0.2) is 9.97 Å². The van der Waals surface area contributed by atoms with E-state index in [1.165, 1.54) is 0 Å². The molecule has 6 nitrogen and oxygen atoms in total. The predicted molar refractivity (Wildman–Crippen MR) is 81.1 cm³/mol. The van der Waals surface area contributed by atoms with E-state index in [1.807, 2.05) is 13.0 Å². The van der Waals surface area contributed by atoms with Gasteiger partial charge in [-0.1, -0.05) is 0 Å². The molecule has 1 aliphatic heterocycles. The molecule has 0 bridgehead atoms. The highest BCUT2D eigenvalue weighted by atomic mass is 16.5. The van der Waals surface area contributed by atoms with Crippen LogP contribution in [0.3, 0.4) is 0 Å². The Bertz CT molecular complexity index is 426. The van der Waals surface area contributed by atoms with Gasteiger partial charge in [0.15, 0.2) is 5.82 Å². The molecule has 0 saturated carbocycles. The summed E-state index contributed by atoms with van der Waals surface area (Å²) in [5.74, 6) is 2.45. The largest absolute Gasteiger partial charge is 0.374 e. The summed E-state index contributed by atoms with van der Waals surface area (Å²) >= 11 is 0. The van der Waals surface area contributed by atoms with Gasteiger partial charge in [0, 0.05) is 31.8 Å². The fraction of sp³-hybridized carbons (Fsp3) is 0.714. The number of likely N-dealkylation sites (tertiary alicyclic amines) is 1. The molecule has 0 aromatic carbocycles. The van der Waals surface area contributed by atoms with Crippen molar-refractivity contribution in [1.82, 2.24) is 14.9 Å². The number of anilines is 2. The Labute approximate surface area is 120 Å². The Morgan fingerprint density at radius 2 is 2.15 bits per heavy atom. The zero-order valence-electron chi connectivity index (χ0n) is 12.6. The molecule has 0 aliphatic carbocycles. The fourth-order valence-electron chi connectivity index (χ4n) is 2.36. The third-order valence-corrected chi connectivity index (χ3v) is 3.31. The molecule has 112 valence electrons. The molecule has 0 radical (unpaired) electrons. The summed E-state index contributed by atoms with van der Waals surface area (Å²) in [5, 5.41) is 6.74. The number of rotatable bonds is 7. The van der Waals surface area contributed by atoms with Crippen molar-refractivity contribution in [3.05, 3.63) is 11.9 Å². The quantitative estimate of drug-likeness (QED) is 0.790. The third-order valence-electron chi connectivity index (χ3n) is 3.31. The van der Waals surface area contributed by atoms with Gasteiger partial charge in [-0.05, 0) is 33.9 Å². The van der Waals surface area contributed by atoms with E-state index >= 15 is 0 Å². The molecule has 2 N–H and O–H groups in total. The van der Waals surface area contributed by atoms with Gasteiger partial charge in [0.25, 0.3) is 0 Å². The van der Waals surface area contributed by atoms with Crippen molar-refractivity contribution in [2.45, 2.75) is 32.9 Å². The van der Waals surface area contributed by atoms with Gasteiger partial charge >= 0.3 is 0 Å². The molecule has 6 heteroatoms. The highest BCUT2D eigenvalue weighted by Crippen LogP contribution is 2.16. The number of hydrogen-bond donors (Lipinski definition) is 2. The van der Waals surface area contributed by atoms with Crippen LogP contribution in [0.25, 0.3) is 0 Å². The lowest BCUT2D eigenvalue weighted by Crippen LogP contribution is -2.24. The minimum atomic E-state index is 0.453. The Kier molecular flexibility index (Phi) is 5.55. The van der Waals surface area contributed by atoms with Crippen molar-refractivity contribution in [2.75, 3.05) is 43.9 Å². The molecule has 1 aliphatic rings. The number of nitrogens with zero attached hydrogens (tertiary/aromatic N) is 3. The summed E-state index contributed by atoms with van der Waals surface area (Å²) in [4.78, 5) is 11.3. The normalized spacial score (nSPS) is 19.2. The van der Waals surface area contributed by atoms with Crippen LogP contribution in [0, 0.1) is 0 Å². The SMILES string of the molecule is CCNc1cc(NC2CCN(C)C2)nc(COCC)n1. The van der Waals surface area contributed by atoms with Crippen LogP contribution in [0.1, 0.15) is 26.1 Å². The first-order valence-electron chi connectivity index (χ1n) is 7.36. The van der Waals surface area contributed by atoms with Gasteiger partial charge < -0.3 is 20.3 Å². The van der Waals surface area contributed by atoms with E-state index in [-0.39, 0.29) is 0 Å². The summed E-state index contributed by atoms with van der Waals surface area (Å²) < 4.78 is 5.41. The van der Waals surface area contributed by atoms with Crippen molar-refractivity contribution in [3.63, 3.8) is 0 Å². The molecule has 20 heavy (non-hydrogen) atoms. The molecule has 2 rings (SSSR count). The maximum Gasteiger partial charge on any atom is 0.158 e. The fourth-order valence-corrected chi connectivity index (χ4v) is 2.36. The Hall–Kier alpha value is -1.40. The lowest BCUT2D eigenvalue weighted by molar-refractivity contribution is 0.128. The van der Waals surface area contributed by atoms with E-state index in [4.69, 9.17) is 4.74 Å². The van der Waals surface area contributed by atoms with E-state index in [0.717, 1.165) is 43.5 Å². The Morgan fingerprint density at radius 1 is 1.35 bits per heavy atom. The first-order chi connectivity index (χ1) is 9.71. The molecule has 1 unspecified atom stereocenters. The van der Waals surface area contributed by atoms with Crippen molar-refractivity contribution < 1.29 is 4.74 Å².